The van der Waals surface area contributed by atoms with Gasteiger partial charge in [0.1, 0.15) is 11.3 Å². The molecule has 0 aliphatic heterocycles. The summed E-state index contributed by atoms with van der Waals surface area (Å²) in [5.74, 6) is -1.47. The Morgan fingerprint density at radius 3 is 2.50 bits per heavy atom. The lowest BCUT2D eigenvalue weighted by Gasteiger charge is -2.01. The van der Waals surface area contributed by atoms with Crippen molar-refractivity contribution in [3.63, 3.8) is 0 Å². The van der Waals surface area contributed by atoms with Crippen LogP contribution in [0.3, 0.4) is 0 Å². The number of aromatic hydroxyl groups is 3. The topological polar surface area (TPSA) is 90.9 Å². The van der Waals surface area contributed by atoms with E-state index in [-0.39, 0.29) is 16.7 Å². The van der Waals surface area contributed by atoms with Gasteiger partial charge in [-0.2, -0.15) is 0 Å². The number of phenolic OH excluding ortho intramolecular Hbond substituents is 1. The molecule has 14 heavy (non-hydrogen) atoms. The molecule has 0 saturated carbocycles. The zero-order chi connectivity index (χ0) is 10.3. The van der Waals surface area contributed by atoms with Gasteiger partial charge in [0.05, 0.1) is 5.39 Å². The van der Waals surface area contributed by atoms with Crippen LogP contribution in [0.2, 0.25) is 0 Å². The van der Waals surface area contributed by atoms with Gasteiger partial charge in [0.25, 0.3) is 0 Å². The number of rotatable bonds is 0. The quantitative estimate of drug-likeness (QED) is 0.542. The molecule has 0 atom stereocenters. The maximum Gasteiger partial charge on any atom is 0.382 e. The largest absolute Gasteiger partial charge is 0.508 e. The minimum atomic E-state index is -1.04. The standard InChI is InChI=1S/C9H6O5/c10-4-1-2-5-6(3-4)14-9(13)8(12)7(5)11/h1-3,10-12H. The average Bonchev–Trinajstić information content (AvgIpc) is 2.14. The third-order valence-electron chi connectivity index (χ3n) is 1.84. The minimum Gasteiger partial charge on any atom is -0.508 e. The molecule has 0 saturated heterocycles. The zero-order valence-corrected chi connectivity index (χ0v) is 6.89. The average molecular weight is 194 g/mol. The van der Waals surface area contributed by atoms with E-state index in [2.05, 4.69) is 4.42 Å². The van der Waals surface area contributed by atoms with Crippen LogP contribution in [0.15, 0.2) is 27.4 Å². The smallest absolute Gasteiger partial charge is 0.382 e. The summed E-state index contributed by atoms with van der Waals surface area (Å²) >= 11 is 0. The molecule has 0 bridgehead atoms. The molecule has 3 N–H and O–H groups in total. The normalized spacial score (nSPS) is 10.6. The van der Waals surface area contributed by atoms with Gasteiger partial charge in [-0.25, -0.2) is 4.79 Å². The van der Waals surface area contributed by atoms with Crippen LogP contribution in [0.4, 0.5) is 0 Å². The molecule has 5 heteroatoms. The first kappa shape index (κ1) is 8.43. The molecule has 0 spiro atoms. The van der Waals surface area contributed by atoms with E-state index in [1.807, 2.05) is 0 Å². The van der Waals surface area contributed by atoms with Gasteiger partial charge in [-0.05, 0) is 12.1 Å². The molecule has 0 aliphatic rings. The highest BCUT2D eigenvalue weighted by atomic mass is 16.4. The zero-order valence-electron chi connectivity index (χ0n) is 6.89. The molecule has 2 aromatic rings. The van der Waals surface area contributed by atoms with Crippen molar-refractivity contribution in [2.24, 2.45) is 0 Å². The maximum absolute atomic E-state index is 10.9. The Morgan fingerprint density at radius 1 is 1.07 bits per heavy atom. The first-order chi connectivity index (χ1) is 6.59. The van der Waals surface area contributed by atoms with E-state index in [1.54, 1.807) is 0 Å². The molecular formula is C9H6O5. The van der Waals surface area contributed by atoms with Crippen molar-refractivity contribution in [1.82, 2.24) is 0 Å². The molecule has 1 aromatic carbocycles. The van der Waals surface area contributed by atoms with Gasteiger partial charge in [0, 0.05) is 6.07 Å². The lowest BCUT2D eigenvalue weighted by atomic mass is 10.2. The first-order valence-electron chi connectivity index (χ1n) is 3.77. The predicted octanol–water partition coefficient (Wildman–Crippen LogP) is 0.910. The van der Waals surface area contributed by atoms with Crippen molar-refractivity contribution < 1.29 is 19.7 Å². The van der Waals surface area contributed by atoms with Crippen LogP contribution < -0.4 is 5.63 Å². The van der Waals surface area contributed by atoms with E-state index in [0.717, 1.165) is 0 Å². The number of hydrogen-bond acceptors (Lipinski definition) is 5. The van der Waals surface area contributed by atoms with Gasteiger partial charge in [-0.1, -0.05) is 0 Å². The van der Waals surface area contributed by atoms with Crippen LogP contribution in [0, 0.1) is 0 Å². The summed E-state index contributed by atoms with van der Waals surface area (Å²) in [4.78, 5) is 10.9. The lowest BCUT2D eigenvalue weighted by molar-refractivity contribution is 0.378. The van der Waals surface area contributed by atoms with Crippen molar-refractivity contribution in [3.05, 3.63) is 28.6 Å². The summed E-state index contributed by atoms with van der Waals surface area (Å²) in [7, 11) is 0. The van der Waals surface area contributed by atoms with Gasteiger partial charge in [-0.15, -0.1) is 0 Å². The van der Waals surface area contributed by atoms with E-state index < -0.39 is 17.1 Å². The first-order valence-corrected chi connectivity index (χ1v) is 3.77. The van der Waals surface area contributed by atoms with Crippen LogP contribution in [0.1, 0.15) is 0 Å². The van der Waals surface area contributed by atoms with Crippen LogP contribution in [0.5, 0.6) is 17.2 Å². The highest BCUT2D eigenvalue weighted by Crippen LogP contribution is 2.31. The molecule has 0 aliphatic carbocycles. The van der Waals surface area contributed by atoms with Crippen molar-refractivity contribution in [2.75, 3.05) is 0 Å². The molecule has 0 fully saturated rings. The fraction of sp³-hybridized carbons (Fsp3) is 0. The van der Waals surface area contributed by atoms with Crippen molar-refractivity contribution in [3.8, 4) is 17.2 Å². The lowest BCUT2D eigenvalue weighted by Crippen LogP contribution is -1.97. The highest BCUT2D eigenvalue weighted by Gasteiger charge is 2.12. The summed E-state index contributed by atoms with van der Waals surface area (Å²) in [6, 6.07) is 3.82. The fourth-order valence-corrected chi connectivity index (χ4v) is 1.16. The van der Waals surface area contributed by atoms with Gasteiger partial charge < -0.3 is 19.7 Å². The number of phenols is 1. The SMILES string of the molecule is O=c1oc2cc(O)ccc2c(O)c1O. The summed E-state index contributed by atoms with van der Waals surface area (Å²) in [6.45, 7) is 0. The van der Waals surface area contributed by atoms with Crippen LogP contribution in [0.25, 0.3) is 11.0 Å². The fourth-order valence-electron chi connectivity index (χ4n) is 1.16. The minimum absolute atomic E-state index is 0.0188. The predicted molar refractivity (Wildman–Crippen MR) is 47.5 cm³/mol. The van der Waals surface area contributed by atoms with Gasteiger partial charge in [0.2, 0.25) is 5.75 Å². The Hall–Kier alpha value is -2.17. The second-order valence-electron chi connectivity index (χ2n) is 2.77. The Balaban J connectivity index is 2.98. The molecule has 0 radical (unpaired) electrons. The van der Waals surface area contributed by atoms with Gasteiger partial charge >= 0.3 is 5.63 Å². The third-order valence-corrected chi connectivity index (χ3v) is 1.84. The number of fused-ring (bicyclic) bond motifs is 1. The summed E-state index contributed by atoms with van der Waals surface area (Å²) in [5.41, 5.74) is -1.02. The van der Waals surface area contributed by atoms with Crippen molar-refractivity contribution in [2.45, 2.75) is 0 Å². The van der Waals surface area contributed by atoms with Gasteiger partial charge in [-0.3, -0.25) is 0 Å². The van der Waals surface area contributed by atoms with Crippen molar-refractivity contribution >= 4 is 11.0 Å². The highest BCUT2D eigenvalue weighted by molar-refractivity contribution is 5.85. The van der Waals surface area contributed by atoms with E-state index in [0.29, 0.717) is 0 Å². The molecule has 2 rings (SSSR count). The molecule has 0 unspecified atom stereocenters. The van der Waals surface area contributed by atoms with E-state index in [1.165, 1.54) is 18.2 Å². The maximum atomic E-state index is 10.9. The Bertz CT molecular complexity index is 555. The molecular weight excluding hydrogens is 188 g/mol. The van der Waals surface area contributed by atoms with E-state index in [4.69, 9.17) is 10.2 Å². The van der Waals surface area contributed by atoms with Crippen LogP contribution in [-0.2, 0) is 0 Å². The molecule has 0 amide bonds. The number of hydrogen-bond donors (Lipinski definition) is 3. The Morgan fingerprint density at radius 2 is 1.79 bits per heavy atom. The second-order valence-corrected chi connectivity index (χ2v) is 2.77. The molecule has 72 valence electrons. The van der Waals surface area contributed by atoms with Gasteiger partial charge in [0.15, 0.2) is 5.75 Å². The molecule has 1 aromatic heterocycles. The number of benzene rings is 1. The molecule has 1 heterocycles. The van der Waals surface area contributed by atoms with Crippen molar-refractivity contribution in [1.29, 1.82) is 0 Å². The Kier molecular flexibility index (Phi) is 1.60. The van der Waals surface area contributed by atoms with Crippen LogP contribution in [-0.4, -0.2) is 15.3 Å². The molecule has 5 nitrogen and oxygen atoms in total. The second kappa shape index (κ2) is 2.66. The van der Waals surface area contributed by atoms with E-state index in [9.17, 15) is 9.90 Å². The Labute approximate surface area is 77.5 Å². The summed E-state index contributed by atoms with van der Waals surface area (Å²) in [6.07, 6.45) is 0. The summed E-state index contributed by atoms with van der Waals surface area (Å²) < 4.78 is 4.63. The van der Waals surface area contributed by atoms with E-state index >= 15 is 0 Å². The van der Waals surface area contributed by atoms with Crippen LogP contribution >= 0.6 is 0 Å². The third kappa shape index (κ3) is 1.06. The monoisotopic (exact) mass is 194 g/mol. The summed E-state index contributed by atoms with van der Waals surface area (Å²) in [5, 5.41) is 27.6.